The van der Waals surface area contributed by atoms with E-state index in [-0.39, 0.29) is 17.3 Å². The van der Waals surface area contributed by atoms with Gasteiger partial charge in [0.1, 0.15) is 17.6 Å². The molecule has 1 amide bonds. The number of hydrogen-bond donors (Lipinski definition) is 2. The SMILES string of the molecule is CNc1cc(C(=O)NC2CCC(C)CC2)c([N+](=O)[O-])cn1. The van der Waals surface area contributed by atoms with Crippen LogP contribution in [0.5, 0.6) is 0 Å². The van der Waals surface area contributed by atoms with E-state index in [9.17, 15) is 14.9 Å². The number of rotatable bonds is 4. The highest BCUT2D eigenvalue weighted by atomic mass is 16.6. The second kappa shape index (κ2) is 6.51. The molecule has 0 unspecified atom stereocenters. The molecule has 7 heteroatoms. The highest BCUT2D eigenvalue weighted by Gasteiger charge is 2.25. The number of carbonyl (C=O) groups is 1. The molecule has 0 saturated heterocycles. The number of anilines is 1. The van der Waals surface area contributed by atoms with E-state index in [0.717, 1.165) is 31.9 Å². The zero-order valence-electron chi connectivity index (χ0n) is 12.3. The summed E-state index contributed by atoms with van der Waals surface area (Å²) in [4.78, 5) is 26.6. The van der Waals surface area contributed by atoms with Gasteiger partial charge in [-0.3, -0.25) is 14.9 Å². The van der Waals surface area contributed by atoms with Crippen molar-refractivity contribution in [1.29, 1.82) is 0 Å². The molecule has 1 fully saturated rings. The third-order valence-electron chi connectivity index (χ3n) is 3.93. The lowest BCUT2D eigenvalue weighted by molar-refractivity contribution is -0.385. The van der Waals surface area contributed by atoms with E-state index >= 15 is 0 Å². The number of pyridine rings is 1. The molecule has 1 aliphatic carbocycles. The third kappa shape index (κ3) is 3.68. The molecule has 2 rings (SSSR count). The summed E-state index contributed by atoms with van der Waals surface area (Å²) in [5.41, 5.74) is -0.214. The minimum Gasteiger partial charge on any atom is -0.373 e. The Kier molecular flexibility index (Phi) is 4.72. The van der Waals surface area contributed by atoms with Crippen LogP contribution in [0.1, 0.15) is 43.0 Å². The summed E-state index contributed by atoms with van der Waals surface area (Å²) in [5, 5.41) is 16.7. The lowest BCUT2D eigenvalue weighted by Crippen LogP contribution is -2.37. The third-order valence-corrected chi connectivity index (χ3v) is 3.93. The molecule has 0 aromatic carbocycles. The zero-order chi connectivity index (χ0) is 15.4. The Hall–Kier alpha value is -2.18. The molecule has 2 N–H and O–H groups in total. The normalized spacial score (nSPS) is 21.6. The summed E-state index contributed by atoms with van der Waals surface area (Å²) in [6, 6.07) is 1.51. The predicted octanol–water partition coefficient (Wildman–Crippen LogP) is 2.34. The molecule has 0 radical (unpaired) electrons. The van der Waals surface area contributed by atoms with Gasteiger partial charge in [-0.2, -0.15) is 0 Å². The Morgan fingerprint density at radius 1 is 1.38 bits per heavy atom. The Bertz CT molecular complexity index is 539. The second-order valence-corrected chi connectivity index (χ2v) is 5.52. The topological polar surface area (TPSA) is 97.2 Å². The van der Waals surface area contributed by atoms with Crippen molar-refractivity contribution in [2.45, 2.75) is 38.6 Å². The monoisotopic (exact) mass is 292 g/mol. The Balaban J connectivity index is 2.15. The predicted molar refractivity (Wildman–Crippen MR) is 79.3 cm³/mol. The van der Waals surface area contributed by atoms with E-state index in [1.807, 2.05) is 0 Å². The van der Waals surface area contributed by atoms with Crippen molar-refractivity contribution in [2.24, 2.45) is 5.92 Å². The molecule has 1 aromatic heterocycles. The number of nitrogens with zero attached hydrogens (tertiary/aromatic N) is 2. The molecule has 0 bridgehead atoms. The number of amides is 1. The smallest absolute Gasteiger partial charge is 0.300 e. The lowest BCUT2D eigenvalue weighted by atomic mass is 9.87. The van der Waals surface area contributed by atoms with Crippen LogP contribution in [0.3, 0.4) is 0 Å². The quantitative estimate of drug-likeness (QED) is 0.655. The Morgan fingerprint density at radius 3 is 2.62 bits per heavy atom. The van der Waals surface area contributed by atoms with Crippen molar-refractivity contribution in [3.05, 3.63) is 27.9 Å². The van der Waals surface area contributed by atoms with Gasteiger partial charge in [0.15, 0.2) is 0 Å². The van der Waals surface area contributed by atoms with Gasteiger partial charge in [-0.15, -0.1) is 0 Å². The first-order valence-corrected chi connectivity index (χ1v) is 7.14. The first-order valence-electron chi connectivity index (χ1n) is 7.14. The second-order valence-electron chi connectivity index (χ2n) is 5.52. The van der Waals surface area contributed by atoms with Gasteiger partial charge in [-0.1, -0.05) is 6.92 Å². The van der Waals surface area contributed by atoms with E-state index in [2.05, 4.69) is 22.5 Å². The van der Waals surface area contributed by atoms with Crippen molar-refractivity contribution in [3.8, 4) is 0 Å². The molecule has 1 saturated carbocycles. The van der Waals surface area contributed by atoms with Gasteiger partial charge >= 0.3 is 0 Å². The molecule has 0 aliphatic heterocycles. The van der Waals surface area contributed by atoms with Crippen LogP contribution in [-0.4, -0.2) is 28.9 Å². The first kappa shape index (κ1) is 15.2. The molecule has 114 valence electrons. The van der Waals surface area contributed by atoms with Gasteiger partial charge in [0.2, 0.25) is 0 Å². The van der Waals surface area contributed by atoms with Crippen molar-refractivity contribution < 1.29 is 9.72 Å². The zero-order valence-corrected chi connectivity index (χ0v) is 12.3. The molecule has 7 nitrogen and oxygen atoms in total. The van der Waals surface area contributed by atoms with Gasteiger partial charge in [-0.05, 0) is 31.6 Å². The number of aromatic nitrogens is 1. The van der Waals surface area contributed by atoms with E-state index in [4.69, 9.17) is 0 Å². The molecule has 0 spiro atoms. The standard InChI is InChI=1S/C14H20N4O3/c1-9-3-5-10(6-4-9)17-14(19)11-7-13(15-2)16-8-12(11)18(20)21/h7-10H,3-6H2,1-2H3,(H,15,16)(H,17,19). The maximum atomic E-state index is 12.3. The van der Waals surface area contributed by atoms with Crippen LogP contribution in [0.25, 0.3) is 0 Å². The van der Waals surface area contributed by atoms with Gasteiger partial charge in [0, 0.05) is 19.2 Å². The number of nitro groups is 1. The van der Waals surface area contributed by atoms with Crippen molar-refractivity contribution in [1.82, 2.24) is 10.3 Å². The Labute approximate surface area is 123 Å². The minimum atomic E-state index is -0.579. The molecule has 1 aliphatic rings. The van der Waals surface area contributed by atoms with Crippen molar-refractivity contribution in [3.63, 3.8) is 0 Å². The van der Waals surface area contributed by atoms with Crippen LogP contribution in [0, 0.1) is 16.0 Å². The number of hydrogen-bond acceptors (Lipinski definition) is 5. The fraction of sp³-hybridized carbons (Fsp3) is 0.571. The van der Waals surface area contributed by atoms with E-state index in [1.165, 1.54) is 6.07 Å². The van der Waals surface area contributed by atoms with Crippen LogP contribution < -0.4 is 10.6 Å². The van der Waals surface area contributed by atoms with Crippen LogP contribution in [-0.2, 0) is 0 Å². The van der Waals surface area contributed by atoms with Crippen molar-refractivity contribution in [2.75, 3.05) is 12.4 Å². The fourth-order valence-corrected chi connectivity index (χ4v) is 2.58. The van der Waals surface area contributed by atoms with E-state index in [1.54, 1.807) is 7.05 Å². The highest BCUT2D eigenvalue weighted by Crippen LogP contribution is 2.25. The number of carbonyl (C=O) groups excluding carboxylic acids is 1. The summed E-state index contributed by atoms with van der Waals surface area (Å²) < 4.78 is 0. The molecule has 1 aromatic rings. The largest absolute Gasteiger partial charge is 0.373 e. The Morgan fingerprint density at radius 2 is 2.05 bits per heavy atom. The van der Waals surface area contributed by atoms with Crippen molar-refractivity contribution >= 4 is 17.4 Å². The van der Waals surface area contributed by atoms with Crippen LogP contribution in [0.15, 0.2) is 12.3 Å². The summed E-state index contributed by atoms with van der Waals surface area (Å²) in [6.45, 7) is 2.20. The van der Waals surface area contributed by atoms with Crippen LogP contribution in [0.4, 0.5) is 11.5 Å². The summed E-state index contributed by atoms with van der Waals surface area (Å²) in [6.07, 6.45) is 5.11. The van der Waals surface area contributed by atoms with Crippen LogP contribution >= 0.6 is 0 Å². The maximum Gasteiger partial charge on any atom is 0.300 e. The van der Waals surface area contributed by atoms with Crippen LogP contribution in [0.2, 0.25) is 0 Å². The molecular formula is C14H20N4O3. The van der Waals surface area contributed by atoms with Gasteiger partial charge in [-0.25, -0.2) is 4.98 Å². The summed E-state index contributed by atoms with van der Waals surface area (Å²) >= 11 is 0. The van der Waals surface area contributed by atoms with Gasteiger partial charge in [0.05, 0.1) is 4.92 Å². The fourth-order valence-electron chi connectivity index (χ4n) is 2.58. The lowest BCUT2D eigenvalue weighted by Gasteiger charge is -2.26. The minimum absolute atomic E-state index is 0.0537. The first-order chi connectivity index (χ1) is 10.0. The molecular weight excluding hydrogens is 272 g/mol. The average Bonchev–Trinajstić information content (AvgIpc) is 2.48. The van der Waals surface area contributed by atoms with Gasteiger partial charge in [0.25, 0.3) is 11.6 Å². The summed E-state index contributed by atoms with van der Waals surface area (Å²) in [7, 11) is 1.65. The molecule has 21 heavy (non-hydrogen) atoms. The molecule has 0 atom stereocenters. The summed E-state index contributed by atoms with van der Waals surface area (Å²) in [5.74, 6) is 0.715. The maximum absolute atomic E-state index is 12.3. The van der Waals surface area contributed by atoms with E-state index < -0.39 is 10.8 Å². The highest BCUT2D eigenvalue weighted by molar-refractivity contribution is 5.98. The van der Waals surface area contributed by atoms with Gasteiger partial charge < -0.3 is 10.6 Å². The average molecular weight is 292 g/mol. The number of nitrogens with one attached hydrogen (secondary N) is 2. The van der Waals surface area contributed by atoms with E-state index in [0.29, 0.717) is 11.7 Å². The molecule has 1 heterocycles.